The van der Waals surface area contributed by atoms with Gasteiger partial charge in [-0.05, 0) is 74.8 Å². The van der Waals surface area contributed by atoms with Crippen molar-refractivity contribution in [1.82, 2.24) is 25.5 Å². The number of carboxylic acids is 1. The molecule has 57 heavy (non-hydrogen) atoms. The number of benzene rings is 1. The summed E-state index contributed by atoms with van der Waals surface area (Å²) in [5.74, 6) is -0.277. The first-order valence-electron chi connectivity index (χ1n) is 20.0. The van der Waals surface area contributed by atoms with Gasteiger partial charge in [-0.3, -0.25) is 9.59 Å². The molecule has 2 aromatic heterocycles. The van der Waals surface area contributed by atoms with Crippen LogP contribution in [-0.4, -0.2) is 105 Å². The van der Waals surface area contributed by atoms with Crippen LogP contribution in [0.1, 0.15) is 80.1 Å². The fraction of sp³-hybridized carbons (Fsp3) is 0.610. The third-order valence-corrected chi connectivity index (χ3v) is 12.4. The molecule has 1 aliphatic heterocycles. The number of fused-ring (bicyclic) bond motifs is 2. The van der Waals surface area contributed by atoms with Crippen LogP contribution in [-0.2, 0) is 19.1 Å². The maximum Gasteiger partial charge on any atom is 0.408 e. The number of aromatic nitrogens is 2. The van der Waals surface area contributed by atoms with Crippen molar-refractivity contribution in [2.45, 2.75) is 116 Å². The molecule has 5 N–H and O–H groups in total. The number of anilines is 1. The lowest BCUT2D eigenvalue weighted by Gasteiger charge is -2.35. The number of aliphatic hydroxyl groups excluding tert-OH is 1. The van der Waals surface area contributed by atoms with Crippen molar-refractivity contribution in [2.24, 2.45) is 23.2 Å². The van der Waals surface area contributed by atoms with E-state index in [0.29, 0.717) is 58.5 Å². The molecular formula is C41H54N6O9S. The van der Waals surface area contributed by atoms with Gasteiger partial charge < -0.3 is 45.3 Å². The summed E-state index contributed by atoms with van der Waals surface area (Å²) in [6.45, 7) is 11.4. The molecule has 1 saturated heterocycles. The van der Waals surface area contributed by atoms with Gasteiger partial charge in [0.15, 0.2) is 5.13 Å². The number of carboxylic acid groups (broad SMARTS) is 1. The second kappa shape index (κ2) is 15.9. The highest BCUT2D eigenvalue weighted by molar-refractivity contribution is 7.14. The summed E-state index contributed by atoms with van der Waals surface area (Å²) in [5, 5.41) is 31.7. The monoisotopic (exact) mass is 806 g/mol. The lowest BCUT2D eigenvalue weighted by Crippen LogP contribution is -2.59. The average molecular weight is 807 g/mol. The lowest BCUT2D eigenvalue weighted by atomic mass is 9.85. The number of hydrogen-bond donors (Lipinski definition) is 5. The number of hydrogen-bond acceptors (Lipinski definition) is 12. The highest BCUT2D eigenvalue weighted by Gasteiger charge is 2.61. The van der Waals surface area contributed by atoms with Crippen LogP contribution in [0.2, 0.25) is 0 Å². The maximum atomic E-state index is 14.7. The number of amides is 3. The average Bonchev–Trinajstić information content (AvgIpc) is 3.82. The number of likely N-dealkylation sites (tertiary alicyclic amines) is 1. The molecule has 7 rings (SSSR count). The highest BCUT2D eigenvalue weighted by atomic mass is 32.1. The van der Waals surface area contributed by atoms with Crippen LogP contribution in [0.3, 0.4) is 0 Å². The second-order valence-corrected chi connectivity index (χ2v) is 18.2. The van der Waals surface area contributed by atoms with E-state index >= 15 is 0 Å². The van der Waals surface area contributed by atoms with Crippen LogP contribution in [0.25, 0.3) is 22.3 Å². The summed E-state index contributed by atoms with van der Waals surface area (Å²) < 4.78 is 18.2. The van der Waals surface area contributed by atoms with E-state index in [9.17, 15) is 29.4 Å². The number of nitrogens with zero attached hydrogens (tertiary/aromatic N) is 3. The van der Waals surface area contributed by atoms with Crippen molar-refractivity contribution in [3.63, 3.8) is 0 Å². The number of carbonyl (C=O) groups is 4. The van der Waals surface area contributed by atoms with Crippen LogP contribution in [0.15, 0.2) is 29.6 Å². The van der Waals surface area contributed by atoms with Gasteiger partial charge in [0.25, 0.3) is 0 Å². The zero-order valence-corrected chi connectivity index (χ0v) is 34.2. The zero-order chi connectivity index (χ0) is 40.8. The first kappa shape index (κ1) is 40.5. The number of aliphatic carboxylic acids is 1. The van der Waals surface area contributed by atoms with Gasteiger partial charge in [0.05, 0.1) is 24.4 Å². The Morgan fingerprint density at radius 3 is 2.44 bits per heavy atom. The van der Waals surface area contributed by atoms with Crippen molar-refractivity contribution in [3.8, 4) is 22.9 Å². The van der Waals surface area contributed by atoms with Gasteiger partial charge in [-0.2, -0.15) is 0 Å². The molecule has 3 heterocycles. The Morgan fingerprint density at radius 1 is 1.04 bits per heavy atom. The molecule has 0 radical (unpaired) electrons. The zero-order valence-electron chi connectivity index (χ0n) is 33.4. The fourth-order valence-electron chi connectivity index (χ4n) is 8.38. The molecule has 3 amide bonds. The van der Waals surface area contributed by atoms with Gasteiger partial charge in [0.2, 0.25) is 11.8 Å². The van der Waals surface area contributed by atoms with Crippen LogP contribution < -0.4 is 25.4 Å². The third kappa shape index (κ3) is 8.76. The van der Waals surface area contributed by atoms with Crippen LogP contribution in [0.5, 0.6) is 11.5 Å². The number of ether oxygens (including phenoxy) is 3. The van der Waals surface area contributed by atoms with E-state index in [-0.39, 0.29) is 44.2 Å². The predicted molar refractivity (Wildman–Crippen MR) is 213 cm³/mol. The Hall–Kier alpha value is -4.70. The number of pyridine rings is 1. The molecule has 15 nitrogen and oxygen atoms in total. The van der Waals surface area contributed by atoms with Gasteiger partial charge in [-0.1, -0.05) is 34.1 Å². The normalized spacial score (nSPS) is 26.8. The molecule has 3 unspecified atom stereocenters. The quantitative estimate of drug-likeness (QED) is 0.135. The summed E-state index contributed by atoms with van der Waals surface area (Å²) in [6.07, 6.45) is 2.18. The summed E-state index contributed by atoms with van der Waals surface area (Å²) >= 11 is 1.45. The number of alkyl carbamates (subject to hydrolysis) is 1. The van der Waals surface area contributed by atoms with E-state index in [1.165, 1.54) is 22.7 Å². The van der Waals surface area contributed by atoms with E-state index in [1.807, 2.05) is 46.9 Å². The smallest absolute Gasteiger partial charge is 0.408 e. The third-order valence-electron chi connectivity index (χ3n) is 11.6. The molecule has 0 spiro atoms. The van der Waals surface area contributed by atoms with E-state index in [1.54, 1.807) is 24.3 Å². The molecule has 3 aromatic rings. The van der Waals surface area contributed by atoms with E-state index in [0.717, 1.165) is 18.0 Å². The molecule has 0 bridgehead atoms. The number of aliphatic hydroxyl groups is 1. The van der Waals surface area contributed by atoms with Crippen LogP contribution >= 0.6 is 11.3 Å². The Kier molecular flexibility index (Phi) is 11.3. The second-order valence-electron chi connectivity index (χ2n) is 17.3. The molecule has 3 aliphatic carbocycles. The summed E-state index contributed by atoms with van der Waals surface area (Å²) in [6, 6.07) is 5.11. The van der Waals surface area contributed by atoms with Crippen molar-refractivity contribution in [3.05, 3.63) is 29.6 Å². The van der Waals surface area contributed by atoms with Gasteiger partial charge in [-0.15, -0.1) is 11.3 Å². The number of thiazole rings is 1. The van der Waals surface area contributed by atoms with Crippen LogP contribution in [0, 0.1) is 23.2 Å². The molecule has 4 aliphatic rings. The highest BCUT2D eigenvalue weighted by Crippen LogP contribution is 2.52. The number of nitrogens with one attached hydrogen (secondary N) is 3. The molecular weight excluding hydrogens is 753 g/mol. The Bertz CT molecular complexity index is 2010. The minimum Gasteiger partial charge on any atom is -0.491 e. The van der Waals surface area contributed by atoms with E-state index < -0.39 is 53.0 Å². The van der Waals surface area contributed by atoms with Crippen molar-refractivity contribution in [2.75, 3.05) is 25.1 Å². The van der Waals surface area contributed by atoms with E-state index in [4.69, 9.17) is 24.2 Å². The van der Waals surface area contributed by atoms with Gasteiger partial charge in [-0.25, -0.2) is 19.6 Å². The van der Waals surface area contributed by atoms with Crippen molar-refractivity contribution in [1.29, 1.82) is 0 Å². The summed E-state index contributed by atoms with van der Waals surface area (Å²) in [5.41, 5.74) is -0.490. The summed E-state index contributed by atoms with van der Waals surface area (Å²) in [7, 11) is 0. The fourth-order valence-corrected chi connectivity index (χ4v) is 9.24. The maximum absolute atomic E-state index is 14.7. The molecule has 308 valence electrons. The van der Waals surface area contributed by atoms with Gasteiger partial charge in [0.1, 0.15) is 53.6 Å². The summed E-state index contributed by atoms with van der Waals surface area (Å²) in [4.78, 5) is 65.6. The molecule has 8 atom stereocenters. The molecule has 16 heteroatoms. The van der Waals surface area contributed by atoms with Gasteiger partial charge >= 0.3 is 12.1 Å². The largest absolute Gasteiger partial charge is 0.491 e. The number of rotatable bonds is 15. The topological polar surface area (TPSA) is 202 Å². The molecule has 1 aromatic carbocycles. The minimum atomic E-state index is -1.41. The first-order chi connectivity index (χ1) is 27.1. The Morgan fingerprint density at radius 2 is 1.79 bits per heavy atom. The Balaban J connectivity index is 1.19. The Labute approximate surface area is 336 Å². The van der Waals surface area contributed by atoms with Crippen LogP contribution in [0.4, 0.5) is 9.93 Å². The molecule has 4 fully saturated rings. The number of carbonyl (C=O) groups excluding carboxylic acids is 3. The predicted octanol–water partition coefficient (Wildman–Crippen LogP) is 5.21. The first-order valence-corrected chi connectivity index (χ1v) is 20.9. The standard InChI is InChI=1S/C41H54N6O9S/c1-7-24-18-41(24,37(51)52)46-35(49)32-16-27(19-47(32)36(50)34(40(4,5)6)45-39(53)56-26-13-22-12-23(22)14-26)55-33-17-30(31-20-57-38(44-31)42-21(2)3)43-29-15-25(54-11-10-48)8-9-28(29)33/h8-9,15,17,20-24,26-27,32,34,48H,7,10-14,16,18-19H2,1-6H3,(H,42,44)(H,45,53)(H,46,49)(H,51,52)/t22-,23+,24?,26+,27-,32?,34?,41-/m1/s1. The van der Waals surface area contributed by atoms with Crippen molar-refractivity contribution < 1.29 is 43.6 Å². The van der Waals surface area contributed by atoms with Crippen molar-refractivity contribution >= 4 is 51.2 Å². The van der Waals surface area contributed by atoms with E-state index in [2.05, 4.69) is 16.0 Å². The van der Waals surface area contributed by atoms with Gasteiger partial charge in [0, 0.05) is 35.4 Å². The SMILES string of the molecule is CCC1C[C@]1(NC(=O)C1C[C@@H](Oc2cc(-c3csc(NC(C)C)n3)nc3cc(OCCO)ccc23)CN1C(=O)C(NC(=O)O[C@@H]1C[C@@H]2C[C@@H]2C1)C(C)(C)C)C(=O)O. The molecule has 3 saturated carbocycles. The minimum absolute atomic E-state index is 0.0144. The lowest BCUT2D eigenvalue weighted by molar-refractivity contribution is -0.146.